The van der Waals surface area contributed by atoms with Crippen molar-refractivity contribution in [3.8, 4) is 11.5 Å². The van der Waals surface area contributed by atoms with E-state index in [1.807, 2.05) is 50.2 Å². The molecule has 5 nitrogen and oxygen atoms in total. The van der Waals surface area contributed by atoms with E-state index >= 15 is 0 Å². The van der Waals surface area contributed by atoms with E-state index in [1.54, 1.807) is 0 Å². The molecule has 29 heavy (non-hydrogen) atoms. The van der Waals surface area contributed by atoms with Crippen molar-refractivity contribution < 1.29 is 14.3 Å². The molecule has 1 atom stereocenters. The molecule has 0 radical (unpaired) electrons. The van der Waals surface area contributed by atoms with Gasteiger partial charge >= 0.3 is 0 Å². The molecule has 0 aromatic heterocycles. The number of carbonyl (C=O) groups excluding carboxylic acids is 1. The predicted octanol–water partition coefficient (Wildman–Crippen LogP) is 3.81. The van der Waals surface area contributed by atoms with Crippen LogP contribution < -0.4 is 14.8 Å². The van der Waals surface area contributed by atoms with E-state index in [1.165, 1.54) is 5.56 Å². The van der Waals surface area contributed by atoms with Crippen LogP contribution in [-0.4, -0.2) is 43.2 Å². The molecule has 0 spiro atoms. The number of carbonyl (C=O) groups is 1. The molecule has 0 aliphatic carbocycles. The number of nitrogens with one attached hydrogen (secondary N) is 1. The monoisotopic (exact) mass is 396 g/mol. The third kappa shape index (κ3) is 5.97. The second-order valence-electron chi connectivity index (χ2n) is 7.30. The van der Waals surface area contributed by atoms with E-state index in [4.69, 9.17) is 9.47 Å². The Morgan fingerprint density at radius 2 is 1.79 bits per heavy atom. The Labute approximate surface area is 174 Å². The number of hydrogen-bond donors (Lipinski definition) is 1. The Morgan fingerprint density at radius 3 is 2.55 bits per heavy atom. The number of ether oxygens (including phenoxy) is 2. The summed E-state index contributed by atoms with van der Waals surface area (Å²) in [6.45, 7) is 7.55. The molecule has 1 aliphatic rings. The lowest BCUT2D eigenvalue weighted by atomic mass is 10.1. The first-order valence-electron chi connectivity index (χ1n) is 10.7. The molecule has 1 aliphatic heterocycles. The van der Waals surface area contributed by atoms with Crippen LogP contribution in [-0.2, 0) is 17.8 Å². The van der Waals surface area contributed by atoms with Crippen LogP contribution in [0.2, 0.25) is 0 Å². The van der Waals surface area contributed by atoms with E-state index in [0.29, 0.717) is 19.8 Å². The van der Waals surface area contributed by atoms with E-state index in [0.717, 1.165) is 49.4 Å². The third-order valence-electron chi connectivity index (χ3n) is 5.22. The Bertz CT molecular complexity index is 779. The van der Waals surface area contributed by atoms with Crippen LogP contribution in [0.25, 0.3) is 0 Å². The van der Waals surface area contributed by atoms with Crippen LogP contribution in [0.5, 0.6) is 11.5 Å². The highest BCUT2D eigenvalue weighted by atomic mass is 16.5. The minimum atomic E-state index is -0.0328. The van der Waals surface area contributed by atoms with Crippen molar-refractivity contribution in [3.63, 3.8) is 0 Å². The zero-order valence-corrected chi connectivity index (χ0v) is 17.5. The number of amides is 1. The van der Waals surface area contributed by atoms with Crippen LogP contribution in [0.4, 0.5) is 0 Å². The smallest absolute Gasteiger partial charge is 0.237 e. The van der Waals surface area contributed by atoms with Gasteiger partial charge in [0.2, 0.25) is 5.91 Å². The van der Waals surface area contributed by atoms with Gasteiger partial charge in [0, 0.05) is 13.1 Å². The van der Waals surface area contributed by atoms with Crippen molar-refractivity contribution in [2.75, 3.05) is 26.3 Å². The normalized spacial score (nSPS) is 16.6. The number of nitrogens with zero attached hydrogens (tertiary/aromatic N) is 1. The molecule has 5 heteroatoms. The number of likely N-dealkylation sites (tertiary alicyclic amines) is 1. The van der Waals surface area contributed by atoms with Gasteiger partial charge in [0.25, 0.3) is 0 Å². The van der Waals surface area contributed by atoms with Gasteiger partial charge in [-0.1, -0.05) is 36.4 Å². The van der Waals surface area contributed by atoms with Crippen molar-refractivity contribution in [2.45, 2.75) is 45.7 Å². The van der Waals surface area contributed by atoms with Crippen LogP contribution in [0.1, 0.15) is 37.8 Å². The first kappa shape index (κ1) is 21.2. The van der Waals surface area contributed by atoms with E-state index in [2.05, 4.69) is 22.3 Å². The van der Waals surface area contributed by atoms with Crippen molar-refractivity contribution in [1.82, 2.24) is 10.2 Å². The highest BCUT2D eigenvalue weighted by molar-refractivity contribution is 5.82. The molecule has 1 amide bonds. The predicted molar refractivity (Wildman–Crippen MR) is 115 cm³/mol. The van der Waals surface area contributed by atoms with Gasteiger partial charge in [-0.3, -0.25) is 9.69 Å². The Hall–Kier alpha value is -2.53. The summed E-state index contributed by atoms with van der Waals surface area (Å²) in [6, 6.07) is 16.3. The van der Waals surface area contributed by atoms with E-state index in [9.17, 15) is 4.79 Å². The van der Waals surface area contributed by atoms with Crippen LogP contribution in [0.3, 0.4) is 0 Å². The first-order valence-corrected chi connectivity index (χ1v) is 10.7. The number of benzene rings is 2. The number of hydrogen-bond acceptors (Lipinski definition) is 4. The fourth-order valence-electron chi connectivity index (χ4n) is 3.83. The standard InChI is InChI=1S/C24H32N2O3/c1-3-28-22-13-12-19(17-23(22)29-4-2)14-15-25-24(27)21-11-8-16-26(21)18-20-9-6-5-7-10-20/h5-7,9-10,12-13,17,21H,3-4,8,11,14-16,18H2,1-2H3,(H,25,27). The summed E-state index contributed by atoms with van der Waals surface area (Å²) in [6.07, 6.45) is 2.77. The molecule has 3 rings (SSSR count). The zero-order chi connectivity index (χ0) is 20.5. The fraction of sp³-hybridized carbons (Fsp3) is 0.458. The summed E-state index contributed by atoms with van der Waals surface area (Å²) in [5, 5.41) is 3.13. The van der Waals surface area contributed by atoms with Gasteiger partial charge in [-0.2, -0.15) is 0 Å². The summed E-state index contributed by atoms with van der Waals surface area (Å²) in [5.41, 5.74) is 2.38. The molecule has 1 unspecified atom stereocenters. The highest BCUT2D eigenvalue weighted by Crippen LogP contribution is 2.28. The van der Waals surface area contributed by atoms with Gasteiger partial charge in [-0.15, -0.1) is 0 Å². The second kappa shape index (κ2) is 10.9. The highest BCUT2D eigenvalue weighted by Gasteiger charge is 2.30. The maximum atomic E-state index is 12.7. The molecular weight excluding hydrogens is 364 g/mol. The molecule has 0 bridgehead atoms. The summed E-state index contributed by atoms with van der Waals surface area (Å²) in [5.74, 6) is 1.67. The average molecular weight is 397 g/mol. The molecular formula is C24H32N2O3. The number of rotatable bonds is 10. The lowest BCUT2D eigenvalue weighted by Gasteiger charge is -2.23. The van der Waals surface area contributed by atoms with Gasteiger partial charge in [-0.25, -0.2) is 0 Å². The summed E-state index contributed by atoms with van der Waals surface area (Å²) >= 11 is 0. The van der Waals surface area contributed by atoms with Gasteiger partial charge < -0.3 is 14.8 Å². The maximum absolute atomic E-state index is 12.7. The molecule has 2 aromatic carbocycles. The van der Waals surface area contributed by atoms with Gasteiger partial charge in [-0.05, 0) is 62.9 Å². The van der Waals surface area contributed by atoms with Gasteiger partial charge in [0.1, 0.15) is 0 Å². The Kier molecular flexibility index (Phi) is 7.94. The van der Waals surface area contributed by atoms with E-state index < -0.39 is 0 Å². The Morgan fingerprint density at radius 1 is 1.03 bits per heavy atom. The SMILES string of the molecule is CCOc1ccc(CCNC(=O)C2CCCN2Cc2ccccc2)cc1OCC. The maximum Gasteiger partial charge on any atom is 0.237 e. The van der Waals surface area contributed by atoms with Crippen molar-refractivity contribution in [2.24, 2.45) is 0 Å². The summed E-state index contributed by atoms with van der Waals surface area (Å²) < 4.78 is 11.3. The lowest BCUT2D eigenvalue weighted by molar-refractivity contribution is -0.125. The molecule has 1 heterocycles. The molecule has 1 fully saturated rings. The first-order chi connectivity index (χ1) is 14.2. The minimum absolute atomic E-state index is 0.0328. The average Bonchev–Trinajstić information content (AvgIpc) is 3.19. The quantitative estimate of drug-likeness (QED) is 0.664. The molecule has 0 saturated carbocycles. The van der Waals surface area contributed by atoms with Crippen LogP contribution >= 0.6 is 0 Å². The topological polar surface area (TPSA) is 50.8 Å². The van der Waals surface area contributed by atoms with Crippen LogP contribution in [0, 0.1) is 0 Å². The third-order valence-corrected chi connectivity index (χ3v) is 5.22. The molecule has 1 N–H and O–H groups in total. The summed E-state index contributed by atoms with van der Waals surface area (Å²) in [7, 11) is 0. The molecule has 1 saturated heterocycles. The van der Waals surface area contributed by atoms with Gasteiger partial charge in [0.15, 0.2) is 11.5 Å². The van der Waals surface area contributed by atoms with Crippen molar-refractivity contribution in [3.05, 3.63) is 59.7 Å². The fourth-order valence-corrected chi connectivity index (χ4v) is 3.83. The zero-order valence-electron chi connectivity index (χ0n) is 17.5. The summed E-state index contributed by atoms with van der Waals surface area (Å²) in [4.78, 5) is 15.0. The Balaban J connectivity index is 1.52. The van der Waals surface area contributed by atoms with E-state index in [-0.39, 0.29) is 11.9 Å². The molecule has 2 aromatic rings. The second-order valence-corrected chi connectivity index (χ2v) is 7.30. The minimum Gasteiger partial charge on any atom is -0.490 e. The largest absolute Gasteiger partial charge is 0.490 e. The molecule has 156 valence electrons. The van der Waals surface area contributed by atoms with Crippen molar-refractivity contribution >= 4 is 5.91 Å². The van der Waals surface area contributed by atoms with Crippen molar-refractivity contribution in [1.29, 1.82) is 0 Å². The van der Waals surface area contributed by atoms with Gasteiger partial charge in [0.05, 0.1) is 19.3 Å². The van der Waals surface area contributed by atoms with Crippen LogP contribution in [0.15, 0.2) is 48.5 Å². The lowest BCUT2D eigenvalue weighted by Crippen LogP contribution is -2.43.